The van der Waals surface area contributed by atoms with Crippen molar-refractivity contribution < 1.29 is 14.6 Å². The van der Waals surface area contributed by atoms with Crippen LogP contribution in [0.15, 0.2) is 54.7 Å². The van der Waals surface area contributed by atoms with Gasteiger partial charge in [0.15, 0.2) is 5.69 Å². The molecule has 0 amide bonds. The zero-order chi connectivity index (χ0) is 11.9. The van der Waals surface area contributed by atoms with Crippen LogP contribution in [-0.2, 0) is 16.4 Å². The minimum absolute atomic E-state index is 0.222. The van der Waals surface area contributed by atoms with Crippen LogP contribution in [0.1, 0.15) is 16.1 Å². The molecule has 1 aromatic carbocycles. The van der Waals surface area contributed by atoms with E-state index in [1.54, 1.807) is 18.2 Å². The van der Waals surface area contributed by atoms with Crippen molar-refractivity contribution in [1.29, 1.82) is 0 Å². The van der Waals surface area contributed by atoms with E-state index in [2.05, 4.69) is 9.87 Å². The molecule has 0 spiro atoms. The van der Waals surface area contributed by atoms with Crippen LogP contribution in [0.3, 0.4) is 0 Å². The molecule has 0 saturated heterocycles. The van der Waals surface area contributed by atoms with Gasteiger partial charge in [0.05, 0.1) is 0 Å². The van der Waals surface area contributed by atoms with E-state index in [1.807, 2.05) is 30.3 Å². The van der Waals surface area contributed by atoms with Gasteiger partial charge in [-0.15, -0.1) is 0 Å². The summed E-state index contributed by atoms with van der Waals surface area (Å²) in [6.07, 6.45) is 1.52. The first-order chi connectivity index (χ1) is 8.36. The average Bonchev–Trinajstić information content (AvgIpc) is 2.41. The first-order valence-electron chi connectivity index (χ1n) is 5.15. The second kappa shape index (κ2) is 5.77. The number of rotatable bonds is 4. The van der Waals surface area contributed by atoms with Crippen molar-refractivity contribution in [3.05, 3.63) is 66.0 Å². The molecule has 0 saturated carbocycles. The summed E-state index contributed by atoms with van der Waals surface area (Å²) >= 11 is 0. The molecule has 2 aromatic rings. The molecule has 0 radical (unpaired) electrons. The van der Waals surface area contributed by atoms with Crippen LogP contribution in [0.25, 0.3) is 0 Å². The molecule has 2 rings (SSSR count). The van der Waals surface area contributed by atoms with Gasteiger partial charge < -0.3 is 0 Å². The van der Waals surface area contributed by atoms with Crippen LogP contribution >= 0.6 is 0 Å². The number of carbonyl (C=O) groups excluding carboxylic acids is 1. The van der Waals surface area contributed by atoms with E-state index in [0.29, 0.717) is 0 Å². The fourth-order valence-corrected chi connectivity index (χ4v) is 1.25. The highest BCUT2D eigenvalue weighted by Gasteiger charge is 2.08. The molecule has 86 valence electrons. The third-order valence-electron chi connectivity index (χ3n) is 2.08. The van der Waals surface area contributed by atoms with Crippen LogP contribution in [-0.4, -0.2) is 11.0 Å². The van der Waals surface area contributed by atoms with E-state index >= 15 is 0 Å². The third-order valence-corrected chi connectivity index (χ3v) is 2.08. The summed E-state index contributed by atoms with van der Waals surface area (Å²) in [6.45, 7) is 0.222. The zero-order valence-electron chi connectivity index (χ0n) is 9.08. The minimum Gasteiger partial charge on any atom is -0.291 e. The lowest BCUT2D eigenvalue weighted by Crippen LogP contribution is -2.07. The number of aromatic nitrogens is 1. The van der Waals surface area contributed by atoms with Crippen molar-refractivity contribution >= 4 is 5.97 Å². The van der Waals surface area contributed by atoms with Gasteiger partial charge >= 0.3 is 5.97 Å². The quantitative estimate of drug-likeness (QED) is 0.596. The summed E-state index contributed by atoms with van der Waals surface area (Å²) in [5.74, 6) is -0.596. The molecular weight excluding hydrogens is 218 g/mol. The predicted molar refractivity (Wildman–Crippen MR) is 60.9 cm³/mol. The Hall–Kier alpha value is -2.20. The van der Waals surface area contributed by atoms with E-state index in [4.69, 9.17) is 4.89 Å². The van der Waals surface area contributed by atoms with E-state index in [1.165, 1.54) is 6.20 Å². The zero-order valence-corrected chi connectivity index (χ0v) is 9.08. The molecule has 4 nitrogen and oxygen atoms in total. The summed E-state index contributed by atoms with van der Waals surface area (Å²) in [4.78, 5) is 24.8. The molecule has 1 aromatic heterocycles. The van der Waals surface area contributed by atoms with Crippen molar-refractivity contribution in [2.75, 3.05) is 0 Å². The predicted octanol–water partition coefficient (Wildman–Crippen LogP) is 2.37. The van der Waals surface area contributed by atoms with Gasteiger partial charge in [0.25, 0.3) is 0 Å². The fourth-order valence-electron chi connectivity index (χ4n) is 1.25. The summed E-state index contributed by atoms with van der Waals surface area (Å²) < 4.78 is 0. The number of nitrogens with zero attached hydrogens (tertiary/aromatic N) is 1. The van der Waals surface area contributed by atoms with Gasteiger partial charge in [-0.05, 0) is 17.7 Å². The van der Waals surface area contributed by atoms with E-state index in [0.717, 1.165) is 5.56 Å². The van der Waals surface area contributed by atoms with Crippen molar-refractivity contribution in [2.24, 2.45) is 0 Å². The van der Waals surface area contributed by atoms with Crippen molar-refractivity contribution in [2.45, 2.75) is 6.61 Å². The highest BCUT2D eigenvalue weighted by Crippen LogP contribution is 2.03. The molecule has 17 heavy (non-hydrogen) atoms. The highest BCUT2D eigenvalue weighted by molar-refractivity contribution is 5.86. The molecule has 0 aliphatic heterocycles. The van der Waals surface area contributed by atoms with Crippen molar-refractivity contribution in [3.63, 3.8) is 0 Å². The van der Waals surface area contributed by atoms with Crippen molar-refractivity contribution in [1.82, 2.24) is 4.98 Å². The summed E-state index contributed by atoms with van der Waals surface area (Å²) in [7, 11) is 0. The van der Waals surface area contributed by atoms with Crippen molar-refractivity contribution in [3.8, 4) is 0 Å². The van der Waals surface area contributed by atoms with Crippen LogP contribution in [0, 0.1) is 0 Å². The number of hydrogen-bond donors (Lipinski definition) is 0. The Bertz CT molecular complexity index is 471. The maximum absolute atomic E-state index is 11.4. The van der Waals surface area contributed by atoms with Gasteiger partial charge in [-0.25, -0.2) is 9.78 Å². The first kappa shape index (κ1) is 11.3. The van der Waals surface area contributed by atoms with Crippen LogP contribution in [0.2, 0.25) is 0 Å². The van der Waals surface area contributed by atoms with Crippen LogP contribution in [0.4, 0.5) is 0 Å². The Labute approximate surface area is 98.8 Å². The molecule has 0 atom stereocenters. The standard InChI is InChI=1S/C13H11NO3/c15-13(12-8-4-5-9-14-12)17-16-10-11-6-2-1-3-7-11/h1-9H,10H2. The number of benzene rings is 1. The largest absolute Gasteiger partial charge is 0.391 e. The molecule has 0 unspecified atom stereocenters. The SMILES string of the molecule is O=C(OOCc1ccccc1)c1ccccn1. The summed E-state index contributed by atoms with van der Waals surface area (Å²) in [5.41, 5.74) is 1.15. The first-order valence-corrected chi connectivity index (χ1v) is 5.15. The normalized spacial score (nSPS) is 9.88. The van der Waals surface area contributed by atoms with Gasteiger partial charge in [0, 0.05) is 6.20 Å². The molecule has 0 fully saturated rings. The van der Waals surface area contributed by atoms with Gasteiger partial charge in [-0.2, -0.15) is 4.89 Å². The average molecular weight is 229 g/mol. The Kier molecular flexibility index (Phi) is 3.83. The smallest absolute Gasteiger partial charge is 0.291 e. The number of hydrogen-bond acceptors (Lipinski definition) is 4. The molecule has 1 heterocycles. The lowest BCUT2D eigenvalue weighted by molar-refractivity contribution is -0.250. The minimum atomic E-state index is -0.596. The van der Waals surface area contributed by atoms with Gasteiger partial charge in [-0.3, -0.25) is 4.89 Å². The fraction of sp³-hybridized carbons (Fsp3) is 0.0769. The monoisotopic (exact) mass is 229 g/mol. The Balaban J connectivity index is 1.82. The third kappa shape index (κ3) is 3.39. The number of pyridine rings is 1. The second-order valence-electron chi connectivity index (χ2n) is 3.33. The molecule has 4 heteroatoms. The second-order valence-corrected chi connectivity index (χ2v) is 3.33. The van der Waals surface area contributed by atoms with Crippen LogP contribution < -0.4 is 0 Å². The maximum Gasteiger partial charge on any atom is 0.391 e. The lowest BCUT2D eigenvalue weighted by atomic mass is 10.2. The van der Waals surface area contributed by atoms with E-state index < -0.39 is 5.97 Å². The van der Waals surface area contributed by atoms with Gasteiger partial charge in [-0.1, -0.05) is 36.4 Å². The van der Waals surface area contributed by atoms with Gasteiger partial charge in [0.1, 0.15) is 6.61 Å². The Morgan fingerprint density at radius 2 is 1.82 bits per heavy atom. The molecule has 0 N–H and O–H groups in total. The molecule has 0 aliphatic carbocycles. The Morgan fingerprint density at radius 1 is 1.06 bits per heavy atom. The topological polar surface area (TPSA) is 48.4 Å². The summed E-state index contributed by atoms with van der Waals surface area (Å²) in [6, 6.07) is 14.4. The van der Waals surface area contributed by atoms with Crippen LogP contribution in [0.5, 0.6) is 0 Å². The Morgan fingerprint density at radius 3 is 2.53 bits per heavy atom. The molecule has 0 aliphatic rings. The maximum atomic E-state index is 11.4. The van der Waals surface area contributed by atoms with E-state index in [-0.39, 0.29) is 12.3 Å². The summed E-state index contributed by atoms with van der Waals surface area (Å²) in [5, 5.41) is 0. The molecule has 0 bridgehead atoms. The van der Waals surface area contributed by atoms with Gasteiger partial charge in [0.2, 0.25) is 0 Å². The highest BCUT2D eigenvalue weighted by atomic mass is 17.2. The van der Waals surface area contributed by atoms with E-state index in [9.17, 15) is 4.79 Å². The number of carbonyl (C=O) groups is 1. The lowest BCUT2D eigenvalue weighted by Gasteiger charge is -2.02. The molecular formula is C13H11NO3.